The van der Waals surface area contributed by atoms with Gasteiger partial charge in [0.1, 0.15) is 0 Å². The van der Waals surface area contributed by atoms with Crippen LogP contribution >= 0.6 is 11.3 Å². The van der Waals surface area contributed by atoms with E-state index in [1.165, 1.54) is 35.6 Å². The third kappa shape index (κ3) is 3.18. The molecule has 5 nitrogen and oxygen atoms in total. The van der Waals surface area contributed by atoms with Gasteiger partial charge in [-0.2, -0.15) is 0 Å². The van der Waals surface area contributed by atoms with E-state index in [4.69, 9.17) is 5.11 Å². The van der Waals surface area contributed by atoms with Gasteiger partial charge in [0.2, 0.25) is 0 Å². The Morgan fingerprint density at radius 2 is 1.95 bits per heavy atom. The summed E-state index contributed by atoms with van der Waals surface area (Å²) in [6.07, 6.45) is 0. The van der Waals surface area contributed by atoms with Crippen LogP contribution in [0.2, 0.25) is 0 Å². The number of benzene rings is 1. The molecule has 0 amide bonds. The van der Waals surface area contributed by atoms with Crippen molar-refractivity contribution < 1.29 is 18.3 Å². The molecule has 1 N–H and O–H groups in total. The van der Waals surface area contributed by atoms with Crippen molar-refractivity contribution in [1.82, 2.24) is 4.98 Å². The number of carbonyl (C=O) groups is 1. The lowest BCUT2D eigenvalue weighted by Gasteiger charge is -2.03. The van der Waals surface area contributed by atoms with Crippen LogP contribution in [0.3, 0.4) is 0 Å². The summed E-state index contributed by atoms with van der Waals surface area (Å²) in [5.74, 6) is -1.26. The molecule has 2 aromatic rings. The average molecular weight is 297 g/mol. The number of rotatable bonds is 4. The molecule has 0 fully saturated rings. The Bertz CT molecular complexity index is 702. The summed E-state index contributed by atoms with van der Waals surface area (Å²) in [5, 5.41) is 11.3. The Balaban J connectivity index is 2.26. The quantitative estimate of drug-likeness (QED) is 0.934. The maximum atomic E-state index is 12.1. The molecule has 100 valence electrons. The van der Waals surface area contributed by atoms with Crippen LogP contribution < -0.4 is 0 Å². The maximum absolute atomic E-state index is 12.1. The molecule has 0 spiro atoms. The van der Waals surface area contributed by atoms with Crippen molar-refractivity contribution in [2.24, 2.45) is 0 Å². The van der Waals surface area contributed by atoms with Crippen molar-refractivity contribution in [3.8, 4) is 0 Å². The molecule has 1 heterocycles. The van der Waals surface area contributed by atoms with Gasteiger partial charge < -0.3 is 5.11 Å². The molecule has 0 radical (unpaired) electrons. The summed E-state index contributed by atoms with van der Waals surface area (Å²) in [6, 6.07) is 5.17. The highest BCUT2D eigenvalue weighted by Crippen LogP contribution is 2.18. The molecule has 0 aliphatic carbocycles. The molecule has 1 aromatic heterocycles. The first-order valence-electron chi connectivity index (χ1n) is 5.35. The summed E-state index contributed by atoms with van der Waals surface area (Å²) in [5.41, 5.74) is 0.563. The van der Waals surface area contributed by atoms with Crippen LogP contribution in [0.4, 0.5) is 0 Å². The van der Waals surface area contributed by atoms with Gasteiger partial charge in [0.15, 0.2) is 9.84 Å². The number of hydrogen-bond acceptors (Lipinski definition) is 5. The Hall–Kier alpha value is -1.73. The molecule has 19 heavy (non-hydrogen) atoms. The van der Waals surface area contributed by atoms with E-state index in [9.17, 15) is 13.2 Å². The Labute approximate surface area is 114 Å². The van der Waals surface area contributed by atoms with Crippen molar-refractivity contribution >= 4 is 27.1 Å². The molecule has 0 bridgehead atoms. The van der Waals surface area contributed by atoms with Gasteiger partial charge in [-0.3, -0.25) is 0 Å². The van der Waals surface area contributed by atoms with Gasteiger partial charge in [-0.1, -0.05) is 0 Å². The minimum Gasteiger partial charge on any atom is -0.478 e. The highest BCUT2D eigenvalue weighted by molar-refractivity contribution is 7.90. The molecule has 0 saturated heterocycles. The average Bonchev–Trinajstić information content (AvgIpc) is 2.74. The largest absolute Gasteiger partial charge is 0.478 e. The normalized spacial score (nSPS) is 11.4. The lowest BCUT2D eigenvalue weighted by molar-refractivity contribution is 0.0696. The third-order valence-corrected chi connectivity index (χ3v) is 4.95. The third-order valence-electron chi connectivity index (χ3n) is 2.46. The zero-order valence-corrected chi connectivity index (χ0v) is 11.7. The van der Waals surface area contributed by atoms with E-state index < -0.39 is 15.8 Å². The van der Waals surface area contributed by atoms with Crippen LogP contribution in [0.5, 0.6) is 0 Å². The standard InChI is InChI=1S/C12H11NO4S2/c1-8-13-10(6-18-8)7-19(16,17)11-4-2-9(3-5-11)12(14)15/h2-6H,7H2,1H3,(H,14,15). The van der Waals surface area contributed by atoms with Crippen LogP contribution in [-0.4, -0.2) is 24.5 Å². The van der Waals surface area contributed by atoms with Crippen LogP contribution in [0.1, 0.15) is 21.1 Å². The Morgan fingerprint density at radius 3 is 2.42 bits per heavy atom. The van der Waals surface area contributed by atoms with Gasteiger partial charge in [-0.15, -0.1) is 11.3 Å². The lowest BCUT2D eigenvalue weighted by atomic mass is 10.2. The Kier molecular flexibility index (Phi) is 3.68. The monoisotopic (exact) mass is 297 g/mol. The van der Waals surface area contributed by atoms with E-state index >= 15 is 0 Å². The van der Waals surface area contributed by atoms with E-state index in [2.05, 4.69) is 4.98 Å². The highest BCUT2D eigenvalue weighted by atomic mass is 32.2. The topological polar surface area (TPSA) is 84.3 Å². The first-order valence-corrected chi connectivity index (χ1v) is 7.89. The van der Waals surface area contributed by atoms with Gasteiger partial charge in [-0.05, 0) is 31.2 Å². The number of sulfone groups is 1. The molecule has 1 aromatic carbocycles. The zero-order chi connectivity index (χ0) is 14.0. The summed E-state index contributed by atoms with van der Waals surface area (Å²) >= 11 is 1.39. The minimum atomic E-state index is -3.49. The number of carboxylic acids is 1. The lowest BCUT2D eigenvalue weighted by Crippen LogP contribution is -2.06. The van der Waals surface area contributed by atoms with E-state index in [-0.39, 0.29) is 16.2 Å². The second-order valence-corrected chi connectivity index (χ2v) is 7.00. The SMILES string of the molecule is Cc1nc(CS(=O)(=O)c2ccc(C(=O)O)cc2)cs1. The summed E-state index contributed by atoms with van der Waals surface area (Å²) < 4.78 is 24.2. The number of carboxylic acid groups (broad SMARTS) is 1. The van der Waals surface area contributed by atoms with Gasteiger partial charge in [-0.25, -0.2) is 18.2 Å². The van der Waals surface area contributed by atoms with Crippen molar-refractivity contribution in [2.75, 3.05) is 0 Å². The molecule has 0 unspecified atom stereocenters. The number of nitrogens with zero attached hydrogens (tertiary/aromatic N) is 1. The van der Waals surface area contributed by atoms with E-state index in [1.54, 1.807) is 5.38 Å². The number of aromatic carboxylic acids is 1. The van der Waals surface area contributed by atoms with E-state index in [0.717, 1.165) is 5.01 Å². The summed E-state index contributed by atoms with van der Waals surface area (Å²) in [4.78, 5) is 14.9. The molecule has 2 rings (SSSR count). The van der Waals surface area contributed by atoms with Crippen LogP contribution in [0.15, 0.2) is 34.5 Å². The molecule has 0 saturated carbocycles. The van der Waals surface area contributed by atoms with Crippen molar-refractivity contribution in [2.45, 2.75) is 17.6 Å². The molecule has 0 aliphatic heterocycles. The second kappa shape index (κ2) is 5.10. The minimum absolute atomic E-state index is 0.0588. The number of thiazole rings is 1. The molecule has 0 atom stereocenters. The van der Waals surface area contributed by atoms with Gasteiger partial charge in [0.25, 0.3) is 0 Å². The molecule has 0 aliphatic rings. The molecule has 7 heteroatoms. The van der Waals surface area contributed by atoms with E-state index in [1.807, 2.05) is 6.92 Å². The van der Waals surface area contributed by atoms with E-state index in [0.29, 0.717) is 5.69 Å². The molecular weight excluding hydrogens is 286 g/mol. The number of aromatic nitrogens is 1. The van der Waals surface area contributed by atoms with Crippen molar-refractivity contribution in [3.05, 3.63) is 45.9 Å². The fraction of sp³-hybridized carbons (Fsp3) is 0.167. The van der Waals surface area contributed by atoms with Crippen LogP contribution in [0.25, 0.3) is 0 Å². The van der Waals surface area contributed by atoms with Crippen molar-refractivity contribution in [1.29, 1.82) is 0 Å². The van der Waals surface area contributed by atoms with Crippen LogP contribution in [0, 0.1) is 6.92 Å². The second-order valence-electron chi connectivity index (χ2n) is 3.95. The predicted molar refractivity (Wildman–Crippen MR) is 71.1 cm³/mol. The zero-order valence-electron chi connectivity index (χ0n) is 10.0. The van der Waals surface area contributed by atoms with Gasteiger partial charge >= 0.3 is 5.97 Å². The Morgan fingerprint density at radius 1 is 1.32 bits per heavy atom. The highest BCUT2D eigenvalue weighted by Gasteiger charge is 2.17. The smallest absolute Gasteiger partial charge is 0.335 e. The summed E-state index contributed by atoms with van der Waals surface area (Å²) in [7, 11) is -3.49. The number of aryl methyl sites for hydroxylation is 1. The number of hydrogen-bond donors (Lipinski definition) is 1. The fourth-order valence-electron chi connectivity index (χ4n) is 1.56. The summed E-state index contributed by atoms with van der Waals surface area (Å²) in [6.45, 7) is 1.81. The maximum Gasteiger partial charge on any atom is 0.335 e. The van der Waals surface area contributed by atoms with Crippen LogP contribution in [-0.2, 0) is 15.6 Å². The van der Waals surface area contributed by atoms with Crippen molar-refractivity contribution in [3.63, 3.8) is 0 Å². The first kappa shape index (κ1) is 13.7. The molecular formula is C12H11NO4S2. The van der Waals surface area contributed by atoms with Gasteiger partial charge in [0, 0.05) is 5.38 Å². The first-order chi connectivity index (χ1) is 8.88. The fourth-order valence-corrected chi connectivity index (χ4v) is 3.53. The predicted octanol–water partition coefficient (Wildman–Crippen LogP) is 2.12. The van der Waals surface area contributed by atoms with Gasteiger partial charge in [0.05, 0.1) is 26.9 Å².